The normalized spacial score (nSPS) is 15.3. The van der Waals surface area contributed by atoms with E-state index in [0.29, 0.717) is 0 Å². The summed E-state index contributed by atoms with van der Waals surface area (Å²) in [4.78, 5) is 4.67. The van der Waals surface area contributed by atoms with Crippen LogP contribution in [0.5, 0.6) is 0 Å². The van der Waals surface area contributed by atoms with Gasteiger partial charge in [0.25, 0.3) is 0 Å². The van der Waals surface area contributed by atoms with Crippen molar-refractivity contribution in [1.82, 2.24) is 0 Å². The third-order valence-electron chi connectivity index (χ3n) is 7.68. The Hall–Kier alpha value is -4.79. The van der Waals surface area contributed by atoms with Crippen LogP contribution in [0.15, 0.2) is 136 Å². The van der Waals surface area contributed by atoms with Crippen LogP contribution in [0, 0.1) is 0 Å². The number of furan rings is 2. The minimum absolute atomic E-state index is 0.873. The number of benzene rings is 5. The summed E-state index contributed by atoms with van der Waals surface area (Å²) in [6, 6.07) is 44.5. The number of rotatable bonds is 2. The van der Waals surface area contributed by atoms with Crippen LogP contribution in [-0.2, 0) is 0 Å². The van der Waals surface area contributed by atoms with E-state index in [9.17, 15) is 0 Å². The van der Waals surface area contributed by atoms with Crippen LogP contribution in [-0.4, -0.2) is 0 Å². The van der Waals surface area contributed by atoms with Gasteiger partial charge in [-0.1, -0.05) is 72.8 Å². The highest BCUT2D eigenvalue weighted by molar-refractivity contribution is 7.81. The molecular weight excluding hydrogens is 499 g/mol. The maximum absolute atomic E-state index is 6.83. The Labute approximate surface area is 226 Å². The van der Waals surface area contributed by atoms with Crippen molar-refractivity contribution in [3.8, 4) is 0 Å². The van der Waals surface area contributed by atoms with Crippen LogP contribution in [0.3, 0.4) is 0 Å². The van der Waals surface area contributed by atoms with Gasteiger partial charge in [0.15, 0.2) is 5.50 Å². The predicted octanol–water partition coefficient (Wildman–Crippen LogP) is 8.50. The summed E-state index contributed by atoms with van der Waals surface area (Å²) in [5.41, 5.74) is 8.42. The lowest BCUT2D eigenvalue weighted by atomic mass is 10.1. The van der Waals surface area contributed by atoms with Crippen molar-refractivity contribution >= 4 is 80.3 Å². The first-order valence-corrected chi connectivity index (χ1v) is 14.4. The summed E-state index contributed by atoms with van der Waals surface area (Å²) in [7, 11) is -1.04. The van der Waals surface area contributed by atoms with Gasteiger partial charge in [-0.15, -0.1) is 0 Å². The van der Waals surface area contributed by atoms with Crippen LogP contribution in [0.4, 0.5) is 34.3 Å². The van der Waals surface area contributed by atoms with Gasteiger partial charge >= 0.3 is 0 Å². The minimum atomic E-state index is -1.04. The molecule has 5 heteroatoms. The van der Waals surface area contributed by atoms with Crippen molar-refractivity contribution in [2.45, 2.75) is 0 Å². The van der Waals surface area contributed by atoms with Crippen molar-refractivity contribution in [1.29, 1.82) is 0 Å². The highest BCUT2D eigenvalue weighted by Crippen LogP contribution is 2.59. The molecule has 2 aromatic heterocycles. The van der Waals surface area contributed by atoms with Gasteiger partial charge in [0.1, 0.15) is 16.9 Å². The Bertz CT molecular complexity index is 2040. The molecule has 1 atom stereocenters. The molecular formula is C34H21N2O2P. The van der Waals surface area contributed by atoms with Crippen LogP contribution in [0.25, 0.3) is 21.9 Å². The van der Waals surface area contributed by atoms with Gasteiger partial charge in [0.05, 0.1) is 16.7 Å². The van der Waals surface area contributed by atoms with Gasteiger partial charge < -0.3 is 13.7 Å². The van der Waals surface area contributed by atoms with Crippen molar-refractivity contribution in [3.63, 3.8) is 0 Å². The monoisotopic (exact) mass is 520 g/mol. The SMILES string of the molecule is c1ccc(N2c3cccc4c3P(c3oc5ccccc5c3N4c3ccccc3)c3c2oc2ccccc32)cc1. The third kappa shape index (κ3) is 2.81. The van der Waals surface area contributed by atoms with Crippen molar-refractivity contribution in [3.05, 3.63) is 127 Å². The number of fused-ring (bicyclic) bond motifs is 8. The average Bonchev–Trinajstić information content (AvgIpc) is 3.57. The largest absolute Gasteiger partial charge is 0.454 e. The molecule has 2 aliphatic rings. The molecule has 0 saturated carbocycles. The Kier molecular flexibility index (Phi) is 4.27. The molecule has 0 radical (unpaired) electrons. The van der Waals surface area contributed by atoms with Crippen LogP contribution in [0.1, 0.15) is 0 Å². The quantitative estimate of drug-likeness (QED) is 0.214. The molecule has 2 aliphatic heterocycles. The molecule has 0 bridgehead atoms. The predicted molar refractivity (Wildman–Crippen MR) is 161 cm³/mol. The molecule has 184 valence electrons. The van der Waals surface area contributed by atoms with Gasteiger partial charge in [-0.3, -0.25) is 4.90 Å². The van der Waals surface area contributed by atoms with E-state index >= 15 is 0 Å². The Balaban J connectivity index is 1.46. The summed E-state index contributed by atoms with van der Waals surface area (Å²) in [6.45, 7) is 0. The first kappa shape index (κ1) is 21.2. The Morgan fingerprint density at radius 1 is 0.462 bits per heavy atom. The minimum Gasteiger partial charge on any atom is -0.454 e. The number of hydrogen-bond donors (Lipinski definition) is 0. The zero-order chi connectivity index (χ0) is 25.5. The highest BCUT2D eigenvalue weighted by Gasteiger charge is 2.46. The molecule has 4 nitrogen and oxygen atoms in total. The van der Waals surface area contributed by atoms with Crippen LogP contribution >= 0.6 is 7.92 Å². The summed E-state index contributed by atoms with van der Waals surface area (Å²) >= 11 is 0. The zero-order valence-electron chi connectivity index (χ0n) is 20.8. The van der Waals surface area contributed by atoms with E-state index in [1.54, 1.807) is 0 Å². The fourth-order valence-corrected chi connectivity index (χ4v) is 8.93. The summed E-state index contributed by atoms with van der Waals surface area (Å²) in [5, 5.41) is 4.75. The van der Waals surface area contributed by atoms with E-state index in [1.807, 2.05) is 12.1 Å². The number of para-hydroxylation sites is 4. The van der Waals surface area contributed by atoms with Gasteiger partial charge in [0.2, 0.25) is 5.88 Å². The van der Waals surface area contributed by atoms with Crippen LogP contribution < -0.4 is 25.9 Å². The molecule has 0 spiro atoms. The fraction of sp³-hybridized carbons (Fsp3) is 0. The lowest BCUT2D eigenvalue weighted by molar-refractivity contribution is 0.622. The third-order valence-corrected chi connectivity index (χ3v) is 10.2. The summed E-state index contributed by atoms with van der Waals surface area (Å²) in [6.07, 6.45) is 0. The van der Waals surface area contributed by atoms with E-state index in [0.717, 1.165) is 56.1 Å². The van der Waals surface area contributed by atoms with E-state index in [2.05, 4.69) is 125 Å². The van der Waals surface area contributed by atoms with Crippen molar-refractivity contribution < 1.29 is 8.83 Å². The first-order chi connectivity index (χ1) is 19.4. The molecule has 39 heavy (non-hydrogen) atoms. The molecule has 7 aromatic rings. The molecule has 0 aliphatic carbocycles. The smallest absolute Gasteiger partial charge is 0.214 e. The van der Waals surface area contributed by atoms with Gasteiger partial charge in [-0.25, -0.2) is 0 Å². The molecule has 4 heterocycles. The lowest BCUT2D eigenvalue weighted by Gasteiger charge is -2.41. The van der Waals surface area contributed by atoms with Crippen molar-refractivity contribution in [2.75, 3.05) is 9.80 Å². The summed E-state index contributed by atoms with van der Waals surface area (Å²) < 4.78 is 13.5. The molecule has 1 unspecified atom stereocenters. The second kappa shape index (κ2) is 7.86. The van der Waals surface area contributed by atoms with Crippen LogP contribution in [0.2, 0.25) is 0 Å². The van der Waals surface area contributed by atoms with Gasteiger partial charge in [0, 0.05) is 35.4 Å². The topological polar surface area (TPSA) is 32.8 Å². The van der Waals surface area contributed by atoms with Gasteiger partial charge in [-0.05, 0) is 54.6 Å². The second-order valence-electron chi connectivity index (χ2n) is 9.83. The fourth-order valence-electron chi connectivity index (χ4n) is 6.11. The standard InChI is InChI=1S/C34H21N2O2P/c1-3-12-22(13-4-1)35-26-18-11-19-27-32(26)39(34-30(35)24-16-7-9-20-28(24)38-34)31-25-17-8-10-21-29(25)37-33(31)36(27)23-14-5-2-6-15-23/h1-21H. The Morgan fingerprint density at radius 2 is 1.03 bits per heavy atom. The maximum Gasteiger partial charge on any atom is 0.214 e. The molecule has 0 N–H and O–H groups in total. The number of hydrogen-bond acceptors (Lipinski definition) is 4. The number of anilines is 6. The lowest BCUT2D eigenvalue weighted by Crippen LogP contribution is -2.39. The molecule has 0 amide bonds. The van der Waals surface area contributed by atoms with Gasteiger partial charge in [-0.2, -0.15) is 0 Å². The highest BCUT2D eigenvalue weighted by atomic mass is 31.1. The molecule has 0 fully saturated rings. The molecule has 9 rings (SSSR count). The first-order valence-electron chi connectivity index (χ1n) is 13.0. The summed E-state index contributed by atoms with van der Waals surface area (Å²) in [5.74, 6) is 0.873. The molecule has 5 aromatic carbocycles. The zero-order valence-corrected chi connectivity index (χ0v) is 21.7. The van der Waals surface area contributed by atoms with E-state index < -0.39 is 7.92 Å². The van der Waals surface area contributed by atoms with E-state index in [4.69, 9.17) is 8.83 Å². The Morgan fingerprint density at radius 3 is 1.74 bits per heavy atom. The van der Waals surface area contributed by atoms with E-state index in [-0.39, 0.29) is 0 Å². The average molecular weight is 521 g/mol. The van der Waals surface area contributed by atoms with Crippen molar-refractivity contribution in [2.24, 2.45) is 0 Å². The van der Waals surface area contributed by atoms with E-state index in [1.165, 1.54) is 16.3 Å². The second-order valence-corrected chi connectivity index (χ2v) is 11.8. The molecule has 0 saturated heterocycles. The number of nitrogens with zero attached hydrogens (tertiary/aromatic N) is 2. The maximum atomic E-state index is 6.83.